The minimum atomic E-state index is -0.250. The number of aromatic hydroxyl groups is 1. The molecular formula is C14H14ClFNOPTi. The van der Waals surface area contributed by atoms with E-state index < -0.39 is 0 Å². The summed E-state index contributed by atoms with van der Waals surface area (Å²) < 4.78 is 13.2. The minimum absolute atomic E-state index is 0.250. The molecule has 0 saturated heterocycles. The van der Waals surface area contributed by atoms with Crippen molar-refractivity contribution < 1.29 is 28.9 Å². The molecular weight excluding hydrogens is 331 g/mol. The molecule has 2 aromatic carbocycles. The molecule has 0 saturated carbocycles. The van der Waals surface area contributed by atoms with E-state index in [1.54, 1.807) is 25.2 Å². The van der Waals surface area contributed by atoms with Crippen LogP contribution in [0, 0.1) is 5.82 Å². The molecule has 20 heavy (non-hydrogen) atoms. The first kappa shape index (κ1) is 17.6. The molecule has 0 aliphatic heterocycles. The fourth-order valence-electron chi connectivity index (χ4n) is 1.71. The number of halogens is 2. The molecule has 1 atom stereocenters. The number of hydrogen-bond acceptors (Lipinski definition) is 1. The molecule has 0 amide bonds. The Morgan fingerprint density at radius 3 is 2.55 bits per heavy atom. The quantitative estimate of drug-likeness (QED) is 0.669. The maximum atomic E-state index is 13.2. The van der Waals surface area contributed by atoms with Crippen LogP contribution in [-0.2, 0) is 25.9 Å². The number of phenols is 1. The molecule has 0 fully saturated rings. The first-order valence-electron chi connectivity index (χ1n) is 5.78. The summed E-state index contributed by atoms with van der Waals surface area (Å²) in [7, 11) is 6.65. The third-order valence-electron chi connectivity index (χ3n) is 2.57. The Kier molecular flexibility index (Phi) is 8.36. The van der Waals surface area contributed by atoms with Gasteiger partial charge in [-0.1, -0.05) is 38.4 Å². The van der Waals surface area contributed by atoms with Gasteiger partial charge in [-0.2, -0.15) is 7.05 Å². The molecule has 1 N–H and O–H groups in total. The zero-order valence-electron chi connectivity index (χ0n) is 10.9. The number of rotatable bonds is 4. The molecule has 0 aliphatic rings. The predicted molar refractivity (Wildman–Crippen MR) is 80.9 cm³/mol. The molecule has 0 radical (unpaired) electrons. The van der Waals surface area contributed by atoms with Gasteiger partial charge in [0.15, 0.2) is 0 Å². The van der Waals surface area contributed by atoms with Crippen LogP contribution in [0.15, 0.2) is 42.5 Å². The van der Waals surface area contributed by atoms with E-state index in [4.69, 9.17) is 0 Å². The number of nitrogens with zero attached hydrogens (tertiary/aromatic N) is 1. The van der Waals surface area contributed by atoms with Crippen molar-refractivity contribution in [1.82, 2.24) is 0 Å². The van der Waals surface area contributed by atoms with Crippen molar-refractivity contribution in [3.63, 3.8) is 0 Å². The fourth-order valence-corrected chi connectivity index (χ4v) is 2.87. The molecule has 1 unspecified atom stereocenters. The monoisotopic (exact) mass is 345 g/mol. The summed E-state index contributed by atoms with van der Waals surface area (Å²) in [5.74, 6) is 0.0269. The molecule has 0 aromatic heterocycles. The van der Waals surface area contributed by atoms with E-state index in [2.05, 4.69) is 14.6 Å². The molecule has 2 rings (SSSR count). The van der Waals surface area contributed by atoms with Gasteiger partial charge >= 0.3 is 28.7 Å². The van der Waals surface area contributed by atoms with Crippen LogP contribution < -0.4 is 10.6 Å². The normalized spacial score (nSPS) is 10.3. The van der Waals surface area contributed by atoms with Crippen molar-refractivity contribution in [1.29, 1.82) is 0 Å². The first-order chi connectivity index (χ1) is 9.70. The van der Waals surface area contributed by atoms with Gasteiger partial charge in [0.25, 0.3) is 0 Å². The van der Waals surface area contributed by atoms with Crippen molar-refractivity contribution in [3.05, 3.63) is 59.2 Å². The van der Waals surface area contributed by atoms with Gasteiger partial charge in [0.05, 0.1) is 0 Å². The van der Waals surface area contributed by atoms with E-state index in [9.17, 15) is 9.50 Å². The standard InChI is InChI=1S/C14H14FNOP.ClH.Ti/c1-16-9-10-8-11(15)6-7-13(10)18-14-5-3-2-4-12(14)17;;/h2-8,17-18H,9H2,1H3;1H;/q-1;;+2/p-1. The van der Waals surface area contributed by atoms with E-state index in [1.807, 2.05) is 12.1 Å². The van der Waals surface area contributed by atoms with E-state index in [0.717, 1.165) is 16.2 Å². The van der Waals surface area contributed by atoms with Crippen LogP contribution in [0.1, 0.15) is 5.56 Å². The van der Waals surface area contributed by atoms with Crippen molar-refractivity contribution in [2.75, 3.05) is 7.05 Å². The zero-order valence-corrected chi connectivity index (χ0v) is 14.2. The summed E-state index contributed by atoms with van der Waals surface area (Å²) >= 11 is 1.47. The average molecular weight is 346 g/mol. The van der Waals surface area contributed by atoms with Gasteiger partial charge in [0.2, 0.25) is 0 Å². The van der Waals surface area contributed by atoms with Gasteiger partial charge in [0, 0.05) is 5.30 Å². The first-order valence-corrected chi connectivity index (χ1v) is 8.93. The fraction of sp³-hybridized carbons (Fsp3) is 0.143. The number of hydrogen-bond donors (Lipinski definition) is 1. The molecule has 104 valence electrons. The molecule has 0 bridgehead atoms. The second-order valence-electron chi connectivity index (χ2n) is 3.92. The third-order valence-corrected chi connectivity index (χ3v) is 4.02. The Morgan fingerprint density at radius 2 is 1.90 bits per heavy atom. The number of para-hydroxylation sites is 1. The average Bonchev–Trinajstić information content (AvgIpc) is 2.46. The van der Waals surface area contributed by atoms with E-state index in [1.165, 1.54) is 31.5 Å². The van der Waals surface area contributed by atoms with E-state index >= 15 is 0 Å². The van der Waals surface area contributed by atoms with Gasteiger partial charge in [-0.3, -0.25) is 0 Å². The van der Waals surface area contributed by atoms with E-state index in [-0.39, 0.29) is 11.6 Å². The molecule has 6 heteroatoms. The molecule has 0 spiro atoms. The van der Waals surface area contributed by atoms with Crippen molar-refractivity contribution in [2.24, 2.45) is 0 Å². The summed E-state index contributed by atoms with van der Waals surface area (Å²) in [6, 6.07) is 11.9. The SMILES string of the molecule is C[N-]Cc1cc(F)ccc1Pc1ccccc1O.[Cl][Ti+]. The molecule has 0 aliphatic carbocycles. The van der Waals surface area contributed by atoms with Gasteiger partial charge in [0.1, 0.15) is 11.6 Å². The van der Waals surface area contributed by atoms with Crippen LogP contribution in [0.5, 0.6) is 5.75 Å². The Bertz CT molecular complexity index is 556. The van der Waals surface area contributed by atoms with Crippen molar-refractivity contribution in [3.8, 4) is 5.75 Å². The van der Waals surface area contributed by atoms with Crippen LogP contribution in [-0.4, -0.2) is 12.2 Å². The second-order valence-corrected chi connectivity index (χ2v) is 5.25. The van der Waals surface area contributed by atoms with Crippen LogP contribution in [0.2, 0.25) is 0 Å². The Balaban J connectivity index is 0.000000956. The van der Waals surface area contributed by atoms with Crippen LogP contribution in [0.25, 0.3) is 5.32 Å². The molecule has 2 nitrogen and oxygen atoms in total. The summed E-state index contributed by atoms with van der Waals surface area (Å²) in [6.45, 7) is 0.494. The van der Waals surface area contributed by atoms with Gasteiger partial charge in [-0.05, 0) is 23.5 Å². The summed E-state index contributed by atoms with van der Waals surface area (Å²) in [5, 5.41) is 15.7. The second kappa shape index (κ2) is 9.49. The maximum absolute atomic E-state index is 13.2. The number of phenolic OH excluding ortho intramolecular Hbond substituents is 1. The Morgan fingerprint density at radius 1 is 1.20 bits per heavy atom. The van der Waals surface area contributed by atoms with Crippen molar-refractivity contribution in [2.45, 2.75) is 6.54 Å². The van der Waals surface area contributed by atoms with Crippen molar-refractivity contribution >= 4 is 28.5 Å². The summed E-state index contributed by atoms with van der Waals surface area (Å²) in [4.78, 5) is 0. The summed E-state index contributed by atoms with van der Waals surface area (Å²) in [5.41, 5.74) is 0.874. The molecule has 2 aromatic rings. The van der Waals surface area contributed by atoms with Gasteiger partial charge in [-0.25, -0.2) is 4.39 Å². The third kappa shape index (κ3) is 5.16. The molecule has 0 heterocycles. The topological polar surface area (TPSA) is 34.3 Å². The summed E-state index contributed by atoms with van der Waals surface area (Å²) in [6.07, 6.45) is 0. The van der Waals surface area contributed by atoms with Crippen LogP contribution in [0.4, 0.5) is 4.39 Å². The Labute approximate surface area is 135 Å². The van der Waals surface area contributed by atoms with Crippen LogP contribution in [0.3, 0.4) is 0 Å². The van der Waals surface area contributed by atoms with Crippen LogP contribution >= 0.6 is 17.9 Å². The number of benzene rings is 2. The Hall–Kier alpha value is -0.436. The zero-order chi connectivity index (χ0) is 15.0. The predicted octanol–water partition coefficient (Wildman–Crippen LogP) is 3.35. The van der Waals surface area contributed by atoms with E-state index in [0.29, 0.717) is 15.1 Å². The van der Waals surface area contributed by atoms with Gasteiger partial charge in [-0.15, -0.1) is 6.54 Å². The van der Waals surface area contributed by atoms with Gasteiger partial charge < -0.3 is 10.4 Å².